The van der Waals surface area contributed by atoms with Crippen molar-refractivity contribution in [3.05, 3.63) is 0 Å². The van der Waals surface area contributed by atoms with Gasteiger partial charge >= 0.3 is 5.97 Å². The van der Waals surface area contributed by atoms with E-state index in [4.69, 9.17) is 4.74 Å². The number of hydrogen-bond acceptors (Lipinski definition) is 2. The molecule has 2 nitrogen and oxygen atoms in total. The summed E-state index contributed by atoms with van der Waals surface area (Å²) in [7, 11) is 0. The van der Waals surface area contributed by atoms with Crippen LogP contribution in [0.15, 0.2) is 0 Å². The molecule has 0 aliphatic heterocycles. The third-order valence-corrected chi connectivity index (χ3v) is 2.84. The van der Waals surface area contributed by atoms with Crippen LogP contribution >= 0.6 is 15.9 Å². The van der Waals surface area contributed by atoms with Gasteiger partial charge in [0, 0.05) is 11.8 Å². The van der Waals surface area contributed by atoms with E-state index in [2.05, 4.69) is 22.9 Å². The van der Waals surface area contributed by atoms with Gasteiger partial charge in [-0.3, -0.25) is 4.79 Å². The molecular weight excluding hydrogens is 256 g/mol. The predicted molar refractivity (Wildman–Crippen MR) is 67.4 cm³/mol. The Hall–Kier alpha value is -0.0500. The molecule has 90 valence electrons. The second-order valence-electron chi connectivity index (χ2n) is 3.78. The third-order valence-electron chi connectivity index (χ3n) is 2.28. The molecule has 0 atom stereocenters. The monoisotopic (exact) mass is 278 g/mol. The van der Waals surface area contributed by atoms with Crippen LogP contribution in [0, 0.1) is 0 Å². The van der Waals surface area contributed by atoms with Gasteiger partial charge < -0.3 is 4.74 Å². The van der Waals surface area contributed by atoms with Crippen molar-refractivity contribution in [1.29, 1.82) is 0 Å². The van der Waals surface area contributed by atoms with Gasteiger partial charge in [0.2, 0.25) is 0 Å². The van der Waals surface area contributed by atoms with Gasteiger partial charge in [-0.1, -0.05) is 55.0 Å². The number of hydrogen-bond donors (Lipinski definition) is 0. The summed E-state index contributed by atoms with van der Waals surface area (Å²) in [5.41, 5.74) is 0. The SMILES string of the molecule is CCCCCCCCOC(=O)CCCBr. The minimum Gasteiger partial charge on any atom is -0.466 e. The fourth-order valence-corrected chi connectivity index (χ4v) is 1.63. The minimum absolute atomic E-state index is 0.0528. The molecule has 0 aromatic heterocycles. The second-order valence-corrected chi connectivity index (χ2v) is 4.57. The summed E-state index contributed by atoms with van der Waals surface area (Å²) >= 11 is 3.29. The summed E-state index contributed by atoms with van der Waals surface area (Å²) in [4.78, 5) is 11.1. The van der Waals surface area contributed by atoms with Crippen molar-refractivity contribution in [3.63, 3.8) is 0 Å². The summed E-state index contributed by atoms with van der Waals surface area (Å²) in [6.45, 7) is 2.82. The topological polar surface area (TPSA) is 26.3 Å². The van der Waals surface area contributed by atoms with Gasteiger partial charge in [0.05, 0.1) is 6.61 Å². The van der Waals surface area contributed by atoms with Crippen LogP contribution in [-0.2, 0) is 9.53 Å². The number of halogens is 1. The zero-order valence-corrected chi connectivity index (χ0v) is 11.4. The molecule has 0 spiro atoms. The number of unbranched alkanes of at least 4 members (excludes halogenated alkanes) is 5. The Bertz CT molecular complexity index is 149. The van der Waals surface area contributed by atoms with E-state index >= 15 is 0 Å². The highest BCUT2D eigenvalue weighted by atomic mass is 79.9. The van der Waals surface area contributed by atoms with Crippen LogP contribution in [0.1, 0.15) is 58.3 Å². The highest BCUT2D eigenvalue weighted by molar-refractivity contribution is 9.09. The quantitative estimate of drug-likeness (QED) is 0.342. The Morgan fingerprint density at radius 2 is 1.73 bits per heavy atom. The third kappa shape index (κ3) is 11.9. The smallest absolute Gasteiger partial charge is 0.305 e. The highest BCUT2D eigenvalue weighted by Crippen LogP contribution is 2.05. The van der Waals surface area contributed by atoms with Crippen LogP contribution in [0.25, 0.3) is 0 Å². The molecule has 0 heterocycles. The van der Waals surface area contributed by atoms with Gasteiger partial charge in [0.15, 0.2) is 0 Å². The maximum Gasteiger partial charge on any atom is 0.305 e. The fourth-order valence-electron chi connectivity index (χ4n) is 1.35. The lowest BCUT2D eigenvalue weighted by atomic mass is 10.1. The molecule has 0 saturated carbocycles. The number of rotatable bonds is 10. The molecule has 0 bridgehead atoms. The lowest BCUT2D eigenvalue weighted by molar-refractivity contribution is -0.143. The standard InChI is InChI=1S/C12H23BrO2/c1-2-3-4-5-6-7-11-15-12(14)9-8-10-13/h2-11H2,1H3. The van der Waals surface area contributed by atoms with Gasteiger partial charge in [0.25, 0.3) is 0 Å². The molecule has 0 fully saturated rings. The van der Waals surface area contributed by atoms with Gasteiger partial charge in [-0.05, 0) is 12.8 Å². The Kier molecular flexibility index (Phi) is 12.0. The van der Waals surface area contributed by atoms with Crippen molar-refractivity contribution in [1.82, 2.24) is 0 Å². The van der Waals surface area contributed by atoms with Crippen molar-refractivity contribution in [2.75, 3.05) is 11.9 Å². The molecule has 0 aliphatic carbocycles. The molecule has 0 amide bonds. The minimum atomic E-state index is -0.0528. The highest BCUT2D eigenvalue weighted by Gasteiger charge is 2.00. The van der Waals surface area contributed by atoms with Crippen LogP contribution in [0.4, 0.5) is 0 Å². The van der Waals surface area contributed by atoms with E-state index in [0.29, 0.717) is 13.0 Å². The Labute approximate surface area is 102 Å². The van der Waals surface area contributed by atoms with Crippen molar-refractivity contribution >= 4 is 21.9 Å². The molecule has 0 saturated heterocycles. The Morgan fingerprint density at radius 1 is 1.07 bits per heavy atom. The molecule has 0 aromatic rings. The number of ether oxygens (including phenoxy) is 1. The molecule has 0 aliphatic rings. The normalized spacial score (nSPS) is 10.3. The van der Waals surface area contributed by atoms with Crippen molar-refractivity contribution < 1.29 is 9.53 Å². The zero-order valence-electron chi connectivity index (χ0n) is 9.77. The van der Waals surface area contributed by atoms with Crippen LogP contribution in [0.2, 0.25) is 0 Å². The zero-order chi connectivity index (χ0) is 11.4. The average Bonchev–Trinajstić information content (AvgIpc) is 2.25. The molecule has 0 aromatic carbocycles. The van der Waals surface area contributed by atoms with Gasteiger partial charge in [-0.15, -0.1) is 0 Å². The first-order chi connectivity index (χ1) is 7.31. The first-order valence-corrected chi connectivity index (χ1v) is 7.15. The first kappa shape index (κ1) is 14.9. The number of alkyl halides is 1. The summed E-state index contributed by atoms with van der Waals surface area (Å²) < 4.78 is 5.09. The van der Waals surface area contributed by atoms with E-state index in [9.17, 15) is 4.79 Å². The number of carbonyl (C=O) groups is 1. The van der Waals surface area contributed by atoms with Crippen molar-refractivity contribution in [3.8, 4) is 0 Å². The van der Waals surface area contributed by atoms with E-state index in [-0.39, 0.29) is 5.97 Å². The van der Waals surface area contributed by atoms with Crippen LogP contribution in [0.5, 0.6) is 0 Å². The van der Waals surface area contributed by atoms with E-state index in [0.717, 1.165) is 18.2 Å². The fraction of sp³-hybridized carbons (Fsp3) is 0.917. The summed E-state index contributed by atoms with van der Waals surface area (Å²) in [5, 5.41) is 0.874. The Balaban J connectivity index is 3.06. The molecule has 0 N–H and O–H groups in total. The average molecular weight is 279 g/mol. The predicted octanol–water partition coefficient (Wildman–Crippen LogP) is 4.07. The molecular formula is C12H23BrO2. The van der Waals surface area contributed by atoms with E-state index in [1.54, 1.807) is 0 Å². The number of esters is 1. The van der Waals surface area contributed by atoms with Crippen LogP contribution in [-0.4, -0.2) is 17.9 Å². The second kappa shape index (κ2) is 12.0. The summed E-state index contributed by atoms with van der Waals surface area (Å²) in [6, 6.07) is 0. The molecule has 3 heteroatoms. The van der Waals surface area contributed by atoms with Gasteiger partial charge in [-0.25, -0.2) is 0 Å². The van der Waals surface area contributed by atoms with Crippen molar-refractivity contribution in [2.24, 2.45) is 0 Å². The molecule has 15 heavy (non-hydrogen) atoms. The largest absolute Gasteiger partial charge is 0.466 e. The maximum absolute atomic E-state index is 11.1. The maximum atomic E-state index is 11.1. The first-order valence-electron chi connectivity index (χ1n) is 6.02. The van der Waals surface area contributed by atoms with Crippen LogP contribution in [0.3, 0.4) is 0 Å². The lowest BCUT2D eigenvalue weighted by Gasteiger charge is -2.03. The summed E-state index contributed by atoms with van der Waals surface area (Å²) in [6.07, 6.45) is 8.80. The number of carbonyl (C=O) groups excluding carboxylic acids is 1. The van der Waals surface area contributed by atoms with Crippen LogP contribution < -0.4 is 0 Å². The Morgan fingerprint density at radius 3 is 2.40 bits per heavy atom. The van der Waals surface area contributed by atoms with E-state index in [1.807, 2.05) is 0 Å². The molecule has 0 radical (unpaired) electrons. The molecule has 0 unspecified atom stereocenters. The van der Waals surface area contributed by atoms with E-state index < -0.39 is 0 Å². The van der Waals surface area contributed by atoms with Crippen molar-refractivity contribution in [2.45, 2.75) is 58.3 Å². The van der Waals surface area contributed by atoms with E-state index in [1.165, 1.54) is 32.1 Å². The summed E-state index contributed by atoms with van der Waals surface area (Å²) in [5.74, 6) is -0.0528. The van der Waals surface area contributed by atoms with Gasteiger partial charge in [-0.2, -0.15) is 0 Å². The van der Waals surface area contributed by atoms with Gasteiger partial charge in [0.1, 0.15) is 0 Å². The molecule has 0 rings (SSSR count). The lowest BCUT2D eigenvalue weighted by Crippen LogP contribution is -2.05.